The second-order valence-electron chi connectivity index (χ2n) is 8.28. The molecular weight excluding hydrogens is 503 g/mol. The molecule has 0 radical (unpaired) electrons. The Morgan fingerprint density at radius 2 is 1.56 bits per heavy atom. The van der Waals surface area contributed by atoms with E-state index in [2.05, 4.69) is 0 Å². The lowest BCUT2D eigenvalue weighted by molar-refractivity contribution is -0.132. The second kappa shape index (κ2) is 10.1. The smallest absolute Gasteiger partial charge is 0.300 e. The number of hydrogen-bond donors (Lipinski definition) is 1. The molecule has 1 atom stereocenters. The molecular formula is C27H24Cl2N2O5. The predicted octanol–water partition coefficient (Wildman–Crippen LogP) is 5.70. The molecule has 4 rings (SSSR count). The highest BCUT2D eigenvalue weighted by Gasteiger charge is 2.47. The zero-order valence-electron chi connectivity index (χ0n) is 20.1. The van der Waals surface area contributed by atoms with Crippen LogP contribution in [0.15, 0.2) is 66.2 Å². The molecule has 3 aromatic rings. The molecule has 36 heavy (non-hydrogen) atoms. The molecule has 1 heterocycles. The maximum atomic E-state index is 13.4. The van der Waals surface area contributed by atoms with E-state index < -0.39 is 23.5 Å². The minimum absolute atomic E-state index is 0.0267. The highest BCUT2D eigenvalue weighted by atomic mass is 35.5. The molecule has 9 heteroatoms. The molecule has 1 aliphatic rings. The number of carbonyl (C=O) groups excluding carboxylic acids is 2. The Bertz CT molecular complexity index is 1350. The number of hydrogen-bond acceptors (Lipinski definition) is 6. The number of anilines is 2. The van der Waals surface area contributed by atoms with Crippen LogP contribution in [0.25, 0.3) is 5.76 Å². The van der Waals surface area contributed by atoms with E-state index in [9.17, 15) is 14.7 Å². The summed E-state index contributed by atoms with van der Waals surface area (Å²) in [5.74, 6) is -1.86. The lowest BCUT2D eigenvalue weighted by atomic mass is 9.94. The molecule has 7 nitrogen and oxygen atoms in total. The van der Waals surface area contributed by atoms with Crippen LogP contribution < -0.4 is 19.3 Å². The molecule has 1 fully saturated rings. The first-order valence-electron chi connectivity index (χ1n) is 10.9. The van der Waals surface area contributed by atoms with Gasteiger partial charge in [-0.25, -0.2) is 0 Å². The van der Waals surface area contributed by atoms with Crippen molar-refractivity contribution in [2.24, 2.45) is 0 Å². The van der Waals surface area contributed by atoms with Gasteiger partial charge in [0.05, 0.1) is 36.4 Å². The van der Waals surface area contributed by atoms with E-state index >= 15 is 0 Å². The van der Waals surface area contributed by atoms with Crippen LogP contribution in [0.4, 0.5) is 11.4 Å². The SMILES string of the molecule is COc1c(Cl)cc(/C(O)=C2\C(=O)C(=O)N(c3ccc(N(C)C)cc3)C2c2ccccc2)c(OC)c1Cl. The molecule has 186 valence electrons. The van der Waals surface area contributed by atoms with E-state index in [1.807, 2.05) is 37.2 Å². The van der Waals surface area contributed by atoms with Crippen molar-refractivity contribution in [3.05, 3.63) is 87.4 Å². The maximum absolute atomic E-state index is 13.4. The molecule has 0 saturated carbocycles. The number of rotatable bonds is 6. The van der Waals surface area contributed by atoms with E-state index in [1.165, 1.54) is 25.2 Å². The molecule has 3 aromatic carbocycles. The van der Waals surface area contributed by atoms with E-state index in [4.69, 9.17) is 32.7 Å². The van der Waals surface area contributed by atoms with Gasteiger partial charge in [-0.2, -0.15) is 0 Å². The van der Waals surface area contributed by atoms with Crippen LogP contribution in [0.1, 0.15) is 17.2 Å². The summed E-state index contributed by atoms with van der Waals surface area (Å²) in [6.07, 6.45) is 0. The lowest BCUT2D eigenvalue weighted by Crippen LogP contribution is -2.29. The number of ether oxygens (including phenoxy) is 2. The highest BCUT2D eigenvalue weighted by Crippen LogP contribution is 2.48. The predicted molar refractivity (Wildman–Crippen MR) is 142 cm³/mol. The number of methoxy groups -OCH3 is 2. The van der Waals surface area contributed by atoms with Crippen molar-refractivity contribution in [3.8, 4) is 11.5 Å². The summed E-state index contributed by atoms with van der Waals surface area (Å²) >= 11 is 12.8. The van der Waals surface area contributed by atoms with Gasteiger partial charge in [-0.15, -0.1) is 0 Å². The largest absolute Gasteiger partial charge is 0.507 e. The van der Waals surface area contributed by atoms with Gasteiger partial charge in [-0.3, -0.25) is 14.5 Å². The minimum Gasteiger partial charge on any atom is -0.507 e. The van der Waals surface area contributed by atoms with Gasteiger partial charge in [0.2, 0.25) is 0 Å². The van der Waals surface area contributed by atoms with Gasteiger partial charge >= 0.3 is 0 Å². The highest BCUT2D eigenvalue weighted by molar-refractivity contribution is 6.52. The number of Topliss-reactive ketones (excluding diaryl/α,β-unsaturated/α-hetero) is 1. The summed E-state index contributed by atoms with van der Waals surface area (Å²) < 4.78 is 10.7. The molecule has 1 unspecified atom stereocenters. The van der Waals surface area contributed by atoms with Gasteiger partial charge in [0.15, 0.2) is 11.5 Å². The summed E-state index contributed by atoms with van der Waals surface area (Å²) in [4.78, 5) is 30.1. The number of benzene rings is 3. The standard InChI is InChI=1S/C27H24Cl2N2O5/c1-30(2)16-10-12-17(13-11-16)31-22(15-8-6-5-7-9-15)20(24(33)27(31)34)23(32)18-14-19(28)26(36-4)21(29)25(18)35-3/h5-14,22,32H,1-4H3/b23-20+. The first-order valence-corrected chi connectivity index (χ1v) is 11.7. The summed E-state index contributed by atoms with van der Waals surface area (Å²) in [5, 5.41) is 11.6. The van der Waals surface area contributed by atoms with E-state index in [1.54, 1.807) is 36.4 Å². The van der Waals surface area contributed by atoms with Gasteiger partial charge < -0.3 is 19.5 Å². The van der Waals surface area contributed by atoms with Gasteiger partial charge in [0.25, 0.3) is 11.7 Å². The summed E-state index contributed by atoms with van der Waals surface area (Å²) in [6, 6.07) is 16.7. The van der Waals surface area contributed by atoms with E-state index in [0.29, 0.717) is 11.3 Å². The van der Waals surface area contributed by atoms with Crippen molar-refractivity contribution in [3.63, 3.8) is 0 Å². The monoisotopic (exact) mass is 526 g/mol. The third-order valence-corrected chi connectivity index (χ3v) is 6.62. The van der Waals surface area contributed by atoms with Crippen molar-refractivity contribution in [1.82, 2.24) is 0 Å². The number of aliphatic hydroxyl groups is 1. The van der Waals surface area contributed by atoms with Crippen LogP contribution in [0, 0.1) is 0 Å². The third kappa shape index (κ3) is 4.25. The Morgan fingerprint density at radius 1 is 0.944 bits per heavy atom. The van der Waals surface area contributed by atoms with Crippen LogP contribution >= 0.6 is 23.2 Å². The lowest BCUT2D eigenvalue weighted by Gasteiger charge is -2.26. The number of carbonyl (C=O) groups is 2. The molecule has 1 saturated heterocycles. The van der Waals surface area contributed by atoms with Crippen molar-refractivity contribution in [2.45, 2.75) is 6.04 Å². The van der Waals surface area contributed by atoms with E-state index in [-0.39, 0.29) is 32.7 Å². The van der Waals surface area contributed by atoms with Crippen LogP contribution in [0.2, 0.25) is 10.0 Å². The molecule has 0 bridgehead atoms. The average Bonchev–Trinajstić information content (AvgIpc) is 3.14. The summed E-state index contributed by atoms with van der Waals surface area (Å²) in [7, 11) is 6.58. The fourth-order valence-corrected chi connectivity index (χ4v) is 4.94. The molecule has 1 aliphatic heterocycles. The maximum Gasteiger partial charge on any atom is 0.300 e. The first kappa shape index (κ1) is 25.4. The zero-order chi connectivity index (χ0) is 26.1. The second-order valence-corrected chi connectivity index (χ2v) is 9.06. The Morgan fingerprint density at radius 3 is 2.11 bits per heavy atom. The number of ketones is 1. The number of halogens is 2. The van der Waals surface area contributed by atoms with Gasteiger partial charge in [-0.1, -0.05) is 53.5 Å². The molecule has 0 aliphatic carbocycles. The Kier molecular flexibility index (Phi) is 7.15. The van der Waals surface area contributed by atoms with Crippen LogP contribution in [-0.4, -0.2) is 45.1 Å². The normalized spacial score (nSPS) is 16.8. The molecule has 1 amide bonds. The van der Waals surface area contributed by atoms with Crippen LogP contribution in [0.5, 0.6) is 11.5 Å². The summed E-state index contributed by atoms with van der Waals surface area (Å²) in [5.41, 5.74) is 2.03. The Hall–Kier alpha value is -3.68. The molecule has 1 N–H and O–H groups in total. The van der Waals surface area contributed by atoms with E-state index in [0.717, 1.165) is 5.69 Å². The quantitative estimate of drug-likeness (QED) is 0.252. The van der Waals surface area contributed by atoms with Crippen molar-refractivity contribution in [1.29, 1.82) is 0 Å². The number of nitrogens with zero attached hydrogens (tertiary/aromatic N) is 2. The zero-order valence-corrected chi connectivity index (χ0v) is 21.6. The van der Waals surface area contributed by atoms with Crippen LogP contribution in [0.3, 0.4) is 0 Å². The minimum atomic E-state index is -0.902. The summed E-state index contributed by atoms with van der Waals surface area (Å²) in [6.45, 7) is 0. The number of aliphatic hydroxyl groups excluding tert-OH is 1. The fraction of sp³-hybridized carbons (Fsp3) is 0.185. The van der Waals surface area contributed by atoms with Gasteiger partial charge in [-0.05, 0) is 35.9 Å². The van der Waals surface area contributed by atoms with Gasteiger partial charge in [0.1, 0.15) is 10.8 Å². The molecule has 0 spiro atoms. The van der Waals surface area contributed by atoms with Gasteiger partial charge in [0, 0.05) is 25.5 Å². The molecule has 0 aromatic heterocycles. The third-order valence-electron chi connectivity index (χ3n) is 6.00. The first-order chi connectivity index (χ1) is 17.2. The van der Waals surface area contributed by atoms with Crippen molar-refractivity contribution >= 4 is 52.0 Å². The Balaban J connectivity index is 1.97. The van der Waals surface area contributed by atoms with Crippen molar-refractivity contribution < 1.29 is 24.2 Å². The fourth-order valence-electron chi connectivity index (χ4n) is 4.25. The average molecular weight is 527 g/mol. The number of amides is 1. The van der Waals surface area contributed by atoms with Crippen LogP contribution in [-0.2, 0) is 9.59 Å². The Labute approximate surface area is 219 Å². The topological polar surface area (TPSA) is 79.3 Å². The van der Waals surface area contributed by atoms with Crippen molar-refractivity contribution in [2.75, 3.05) is 38.1 Å².